The summed E-state index contributed by atoms with van der Waals surface area (Å²) in [6.07, 6.45) is -0.963. The van der Waals surface area contributed by atoms with Crippen LogP contribution in [0.4, 0.5) is 0 Å². The maximum Gasteiger partial charge on any atom is 0.301 e. The van der Waals surface area contributed by atoms with Gasteiger partial charge in [0.25, 0.3) is 0 Å². The Balaban J connectivity index is 2.20. The number of hydrogen-bond donors (Lipinski definition) is 0. The summed E-state index contributed by atoms with van der Waals surface area (Å²) in [5.41, 5.74) is -0.547. The van der Waals surface area contributed by atoms with Crippen LogP contribution in [0.2, 0.25) is 0 Å². The van der Waals surface area contributed by atoms with E-state index in [1.807, 2.05) is 57.2 Å². The molecule has 110 valence electrons. The van der Waals surface area contributed by atoms with Crippen molar-refractivity contribution in [2.45, 2.75) is 27.1 Å². The van der Waals surface area contributed by atoms with Crippen molar-refractivity contribution in [1.29, 1.82) is 0 Å². The quantitative estimate of drug-likeness (QED) is 0.776. The number of hydrogen-bond acceptors (Lipinski definition) is 3. The highest BCUT2D eigenvalue weighted by Gasteiger charge is 2.33. The van der Waals surface area contributed by atoms with E-state index in [9.17, 15) is 4.79 Å². The van der Waals surface area contributed by atoms with Gasteiger partial charge in [0.2, 0.25) is 5.78 Å². The number of carbonyl (C=O) groups excluding carboxylic acids is 1. The summed E-state index contributed by atoms with van der Waals surface area (Å²) in [4.78, 5) is 12.5. The molecule has 3 nitrogen and oxygen atoms in total. The summed E-state index contributed by atoms with van der Waals surface area (Å²) in [6, 6.07) is 18.4. The average Bonchev–Trinajstić information content (AvgIpc) is 2.47. The molecule has 2 aromatic rings. The van der Waals surface area contributed by atoms with Crippen molar-refractivity contribution in [2.24, 2.45) is 5.41 Å². The molecule has 0 fully saturated rings. The fraction of sp³-hybridized carbons (Fsp3) is 0.278. The molecular formula is C18H20O3. The van der Waals surface area contributed by atoms with E-state index in [4.69, 9.17) is 9.47 Å². The summed E-state index contributed by atoms with van der Waals surface area (Å²) in [5.74, 6) is 1.11. The molecule has 0 aliphatic heterocycles. The highest BCUT2D eigenvalue weighted by molar-refractivity contribution is 5.87. The zero-order valence-electron chi connectivity index (χ0n) is 12.6. The summed E-state index contributed by atoms with van der Waals surface area (Å²) < 4.78 is 11.5. The largest absolute Gasteiger partial charge is 0.448 e. The standard InChI is InChI=1S/C18H20O3/c1-18(2,3)16(19)17(20-14-10-6-4-7-11-14)21-15-12-8-5-9-13-15/h4-13,17H,1-3H3. The number of rotatable bonds is 5. The Morgan fingerprint density at radius 1 is 0.810 bits per heavy atom. The fourth-order valence-electron chi connectivity index (χ4n) is 1.73. The van der Waals surface area contributed by atoms with Crippen molar-refractivity contribution in [3.05, 3.63) is 60.7 Å². The molecule has 0 radical (unpaired) electrons. The molecule has 0 N–H and O–H groups in total. The highest BCUT2D eigenvalue weighted by Crippen LogP contribution is 2.23. The molecular weight excluding hydrogens is 264 g/mol. The van der Waals surface area contributed by atoms with Gasteiger partial charge in [-0.15, -0.1) is 0 Å². The molecule has 0 aliphatic carbocycles. The van der Waals surface area contributed by atoms with Gasteiger partial charge in [-0.25, -0.2) is 0 Å². The lowest BCUT2D eigenvalue weighted by atomic mass is 9.90. The first-order chi connectivity index (χ1) is 9.97. The lowest BCUT2D eigenvalue weighted by Crippen LogP contribution is -2.40. The Morgan fingerprint density at radius 2 is 1.19 bits per heavy atom. The van der Waals surface area contributed by atoms with E-state index < -0.39 is 11.7 Å². The molecule has 2 aromatic carbocycles. The van der Waals surface area contributed by atoms with Gasteiger partial charge in [0.1, 0.15) is 11.5 Å². The third kappa shape index (κ3) is 4.35. The lowest BCUT2D eigenvalue weighted by Gasteiger charge is -2.25. The van der Waals surface area contributed by atoms with Crippen LogP contribution in [0, 0.1) is 5.41 Å². The second-order valence-electron chi connectivity index (χ2n) is 5.81. The van der Waals surface area contributed by atoms with E-state index in [1.54, 1.807) is 24.3 Å². The molecule has 3 heteroatoms. The summed E-state index contributed by atoms with van der Waals surface area (Å²) >= 11 is 0. The van der Waals surface area contributed by atoms with Gasteiger partial charge in [-0.05, 0) is 24.3 Å². The minimum atomic E-state index is -0.963. The van der Waals surface area contributed by atoms with Crippen molar-refractivity contribution in [3.8, 4) is 11.5 Å². The van der Waals surface area contributed by atoms with Crippen LogP contribution >= 0.6 is 0 Å². The minimum absolute atomic E-state index is 0.102. The number of carbonyl (C=O) groups is 1. The van der Waals surface area contributed by atoms with Gasteiger partial charge in [0, 0.05) is 5.41 Å². The number of benzene rings is 2. The number of ether oxygens (including phenoxy) is 2. The smallest absolute Gasteiger partial charge is 0.301 e. The molecule has 0 heterocycles. The van der Waals surface area contributed by atoms with E-state index >= 15 is 0 Å². The van der Waals surface area contributed by atoms with Crippen molar-refractivity contribution in [1.82, 2.24) is 0 Å². The van der Waals surface area contributed by atoms with Crippen molar-refractivity contribution in [3.63, 3.8) is 0 Å². The van der Waals surface area contributed by atoms with Crippen molar-refractivity contribution in [2.75, 3.05) is 0 Å². The van der Waals surface area contributed by atoms with E-state index in [2.05, 4.69) is 0 Å². The molecule has 0 amide bonds. The van der Waals surface area contributed by atoms with Crippen molar-refractivity contribution >= 4 is 5.78 Å². The molecule has 0 bridgehead atoms. The third-order valence-electron chi connectivity index (χ3n) is 2.93. The van der Waals surface area contributed by atoms with Gasteiger partial charge in [-0.1, -0.05) is 57.2 Å². The monoisotopic (exact) mass is 284 g/mol. The van der Waals surface area contributed by atoms with Gasteiger partial charge in [0.05, 0.1) is 0 Å². The Morgan fingerprint density at radius 3 is 1.52 bits per heavy atom. The summed E-state index contributed by atoms with van der Waals surface area (Å²) in [5, 5.41) is 0. The highest BCUT2D eigenvalue weighted by atomic mass is 16.7. The molecule has 21 heavy (non-hydrogen) atoms. The lowest BCUT2D eigenvalue weighted by molar-refractivity contribution is -0.146. The van der Waals surface area contributed by atoms with Crippen LogP contribution < -0.4 is 9.47 Å². The van der Waals surface area contributed by atoms with E-state index in [0.29, 0.717) is 11.5 Å². The van der Waals surface area contributed by atoms with Gasteiger partial charge in [0.15, 0.2) is 0 Å². The van der Waals surface area contributed by atoms with Crippen LogP contribution in [0.5, 0.6) is 11.5 Å². The van der Waals surface area contributed by atoms with Gasteiger partial charge >= 0.3 is 6.29 Å². The Kier molecular flexibility index (Phi) is 4.63. The van der Waals surface area contributed by atoms with E-state index in [0.717, 1.165) is 0 Å². The van der Waals surface area contributed by atoms with Crippen LogP contribution in [0.15, 0.2) is 60.7 Å². The molecule has 2 rings (SSSR count). The number of ketones is 1. The Labute approximate surface area is 125 Å². The van der Waals surface area contributed by atoms with Gasteiger partial charge in [-0.2, -0.15) is 0 Å². The molecule has 0 saturated carbocycles. The molecule has 0 unspecified atom stereocenters. The molecule has 0 spiro atoms. The SMILES string of the molecule is CC(C)(C)C(=O)C(Oc1ccccc1)Oc1ccccc1. The normalized spacial score (nSPS) is 11.2. The van der Waals surface area contributed by atoms with E-state index in [-0.39, 0.29) is 5.78 Å². The van der Waals surface area contributed by atoms with Crippen molar-refractivity contribution < 1.29 is 14.3 Å². The van der Waals surface area contributed by atoms with Gasteiger partial charge in [-0.3, -0.25) is 4.79 Å². The first kappa shape index (κ1) is 15.1. The second-order valence-corrected chi connectivity index (χ2v) is 5.81. The summed E-state index contributed by atoms with van der Waals surface area (Å²) in [6.45, 7) is 5.56. The molecule has 0 atom stereocenters. The minimum Gasteiger partial charge on any atom is -0.448 e. The fourth-order valence-corrected chi connectivity index (χ4v) is 1.73. The molecule has 0 aromatic heterocycles. The Bertz CT molecular complexity index is 529. The second kappa shape index (κ2) is 6.44. The van der Waals surface area contributed by atoms with Crippen LogP contribution in [0.3, 0.4) is 0 Å². The summed E-state index contributed by atoms with van der Waals surface area (Å²) in [7, 11) is 0. The van der Waals surface area contributed by atoms with Crippen LogP contribution in [0.25, 0.3) is 0 Å². The number of para-hydroxylation sites is 2. The van der Waals surface area contributed by atoms with E-state index in [1.165, 1.54) is 0 Å². The third-order valence-corrected chi connectivity index (χ3v) is 2.93. The van der Waals surface area contributed by atoms with Crippen LogP contribution in [-0.4, -0.2) is 12.1 Å². The maximum absolute atomic E-state index is 12.5. The maximum atomic E-state index is 12.5. The predicted octanol–water partition coefficient (Wildman–Crippen LogP) is 4.09. The first-order valence-electron chi connectivity index (χ1n) is 6.94. The topological polar surface area (TPSA) is 35.5 Å². The zero-order valence-corrected chi connectivity index (χ0v) is 12.6. The van der Waals surface area contributed by atoms with Crippen LogP contribution in [0.1, 0.15) is 20.8 Å². The zero-order chi connectivity index (χ0) is 15.3. The Hall–Kier alpha value is -2.29. The van der Waals surface area contributed by atoms with Gasteiger partial charge < -0.3 is 9.47 Å². The number of Topliss-reactive ketones (excluding diaryl/α,β-unsaturated/α-hetero) is 1. The van der Waals surface area contributed by atoms with Crippen LogP contribution in [-0.2, 0) is 4.79 Å². The molecule has 0 saturated heterocycles. The molecule has 0 aliphatic rings. The predicted molar refractivity (Wildman–Crippen MR) is 82.4 cm³/mol. The average molecular weight is 284 g/mol. The first-order valence-corrected chi connectivity index (χ1v) is 6.94.